The zero-order valence-corrected chi connectivity index (χ0v) is 6.36. The van der Waals surface area contributed by atoms with E-state index in [1.807, 2.05) is 36.8 Å². The lowest BCUT2D eigenvalue weighted by atomic mass is 10.2. The van der Waals surface area contributed by atoms with Crippen LogP contribution >= 0.6 is 0 Å². The van der Waals surface area contributed by atoms with E-state index < -0.39 is 0 Å². The first-order valence-corrected chi connectivity index (χ1v) is 3.54. The van der Waals surface area contributed by atoms with E-state index in [0.717, 1.165) is 0 Å². The molecule has 1 aromatic rings. The third kappa shape index (κ3) is 2.89. The summed E-state index contributed by atoms with van der Waals surface area (Å²) in [5.41, 5.74) is 1.18. The summed E-state index contributed by atoms with van der Waals surface area (Å²) in [6.45, 7) is 4.04. The SMILES string of the molecule is C=COC[CH]c1ccccc1. The van der Waals surface area contributed by atoms with Crippen molar-refractivity contribution in [2.24, 2.45) is 0 Å². The highest BCUT2D eigenvalue weighted by Crippen LogP contribution is 2.01. The molecule has 0 aliphatic rings. The predicted octanol–water partition coefficient (Wildman–Crippen LogP) is 2.40. The Labute approximate surface area is 67.3 Å². The summed E-state index contributed by atoms with van der Waals surface area (Å²) in [5.74, 6) is 0. The molecule has 0 aromatic heterocycles. The van der Waals surface area contributed by atoms with Crippen molar-refractivity contribution in [3.63, 3.8) is 0 Å². The van der Waals surface area contributed by atoms with Crippen LogP contribution in [-0.4, -0.2) is 6.61 Å². The zero-order chi connectivity index (χ0) is 7.94. The van der Waals surface area contributed by atoms with Gasteiger partial charge in [0.15, 0.2) is 0 Å². The highest BCUT2D eigenvalue weighted by molar-refractivity contribution is 5.22. The van der Waals surface area contributed by atoms with E-state index in [-0.39, 0.29) is 0 Å². The van der Waals surface area contributed by atoms with E-state index in [4.69, 9.17) is 4.74 Å². The van der Waals surface area contributed by atoms with Crippen LogP contribution in [0.25, 0.3) is 0 Å². The van der Waals surface area contributed by atoms with Gasteiger partial charge in [0.05, 0.1) is 12.9 Å². The van der Waals surface area contributed by atoms with E-state index in [9.17, 15) is 0 Å². The maximum atomic E-state index is 4.95. The average Bonchev–Trinajstić information content (AvgIpc) is 2.07. The Morgan fingerprint density at radius 2 is 2.00 bits per heavy atom. The van der Waals surface area contributed by atoms with Gasteiger partial charge in [0, 0.05) is 6.42 Å². The van der Waals surface area contributed by atoms with Crippen molar-refractivity contribution >= 4 is 0 Å². The molecule has 0 aliphatic heterocycles. The van der Waals surface area contributed by atoms with Gasteiger partial charge in [0.25, 0.3) is 0 Å². The van der Waals surface area contributed by atoms with Gasteiger partial charge in [0.2, 0.25) is 0 Å². The molecule has 0 saturated carbocycles. The molecule has 1 radical (unpaired) electrons. The van der Waals surface area contributed by atoms with Crippen molar-refractivity contribution < 1.29 is 4.74 Å². The second-order valence-electron chi connectivity index (χ2n) is 2.11. The van der Waals surface area contributed by atoms with Crippen molar-refractivity contribution in [3.05, 3.63) is 55.2 Å². The molecule has 0 fully saturated rings. The van der Waals surface area contributed by atoms with Crippen molar-refractivity contribution in [1.82, 2.24) is 0 Å². The molecule has 57 valence electrons. The summed E-state index contributed by atoms with van der Waals surface area (Å²) in [7, 11) is 0. The lowest BCUT2D eigenvalue weighted by Gasteiger charge is -1.98. The van der Waals surface area contributed by atoms with Gasteiger partial charge < -0.3 is 4.74 Å². The molecule has 0 bridgehead atoms. The first-order valence-electron chi connectivity index (χ1n) is 3.54. The van der Waals surface area contributed by atoms with Crippen molar-refractivity contribution in [2.45, 2.75) is 0 Å². The smallest absolute Gasteiger partial charge is 0.0948 e. The molecule has 0 spiro atoms. The molecular formula is C10H11O. The second kappa shape index (κ2) is 4.56. The van der Waals surface area contributed by atoms with Crippen LogP contribution in [-0.2, 0) is 4.74 Å². The lowest BCUT2D eigenvalue weighted by Crippen LogP contribution is -1.89. The fourth-order valence-electron chi connectivity index (χ4n) is 0.802. The zero-order valence-electron chi connectivity index (χ0n) is 6.36. The van der Waals surface area contributed by atoms with Crippen molar-refractivity contribution in [1.29, 1.82) is 0 Å². The highest BCUT2D eigenvalue weighted by atomic mass is 16.5. The third-order valence-corrected chi connectivity index (χ3v) is 1.33. The Hall–Kier alpha value is -1.24. The minimum atomic E-state index is 0.591. The summed E-state index contributed by atoms with van der Waals surface area (Å²) in [6.07, 6.45) is 3.45. The van der Waals surface area contributed by atoms with E-state index in [2.05, 4.69) is 6.58 Å². The maximum absolute atomic E-state index is 4.95. The maximum Gasteiger partial charge on any atom is 0.0948 e. The summed E-state index contributed by atoms with van der Waals surface area (Å²) >= 11 is 0. The van der Waals surface area contributed by atoms with E-state index >= 15 is 0 Å². The molecule has 1 rings (SSSR count). The molecule has 0 N–H and O–H groups in total. The molecule has 0 heterocycles. The minimum Gasteiger partial charge on any atom is -0.501 e. The lowest BCUT2D eigenvalue weighted by molar-refractivity contribution is 0.281. The predicted molar refractivity (Wildman–Crippen MR) is 46.0 cm³/mol. The van der Waals surface area contributed by atoms with Crippen LogP contribution in [0.2, 0.25) is 0 Å². The molecule has 0 aliphatic carbocycles. The summed E-state index contributed by atoms with van der Waals surface area (Å²) in [4.78, 5) is 0. The Balaban J connectivity index is 2.33. The molecule has 1 aromatic carbocycles. The molecule has 1 nitrogen and oxygen atoms in total. The van der Waals surface area contributed by atoms with Crippen LogP contribution in [0.5, 0.6) is 0 Å². The highest BCUT2D eigenvalue weighted by Gasteiger charge is 1.89. The van der Waals surface area contributed by atoms with E-state index in [1.54, 1.807) is 0 Å². The van der Waals surface area contributed by atoms with Gasteiger partial charge in [-0.2, -0.15) is 0 Å². The average molecular weight is 147 g/mol. The van der Waals surface area contributed by atoms with Gasteiger partial charge >= 0.3 is 0 Å². The normalized spacial score (nSPS) is 9.09. The monoisotopic (exact) mass is 147 g/mol. The summed E-state index contributed by atoms with van der Waals surface area (Å²) < 4.78 is 4.95. The summed E-state index contributed by atoms with van der Waals surface area (Å²) in [5, 5.41) is 0. The quantitative estimate of drug-likeness (QED) is 0.469. The first-order chi connectivity index (χ1) is 5.43. The van der Waals surface area contributed by atoms with Crippen molar-refractivity contribution in [3.8, 4) is 0 Å². The van der Waals surface area contributed by atoms with Gasteiger partial charge in [-0.05, 0) is 5.56 Å². The van der Waals surface area contributed by atoms with E-state index in [1.165, 1.54) is 11.8 Å². The van der Waals surface area contributed by atoms with Crippen LogP contribution in [0.4, 0.5) is 0 Å². The molecule has 1 heteroatoms. The van der Waals surface area contributed by atoms with Crippen LogP contribution in [0.1, 0.15) is 5.56 Å². The standard InChI is InChI=1S/C10H11O/c1-2-11-9-8-10-6-4-3-5-7-10/h2-8H,1,9H2. The number of hydrogen-bond donors (Lipinski definition) is 0. The molecule has 11 heavy (non-hydrogen) atoms. The van der Waals surface area contributed by atoms with Gasteiger partial charge in [0.1, 0.15) is 0 Å². The van der Waals surface area contributed by atoms with E-state index in [0.29, 0.717) is 6.61 Å². The Kier molecular flexibility index (Phi) is 3.26. The minimum absolute atomic E-state index is 0.591. The van der Waals surface area contributed by atoms with Gasteiger partial charge in [-0.25, -0.2) is 0 Å². The fourth-order valence-corrected chi connectivity index (χ4v) is 0.802. The Morgan fingerprint density at radius 1 is 1.27 bits per heavy atom. The second-order valence-corrected chi connectivity index (χ2v) is 2.11. The van der Waals surface area contributed by atoms with Gasteiger partial charge in [-0.15, -0.1) is 0 Å². The number of rotatable bonds is 4. The fraction of sp³-hybridized carbons (Fsp3) is 0.100. The molecule has 0 atom stereocenters. The van der Waals surface area contributed by atoms with Crippen LogP contribution in [0, 0.1) is 6.42 Å². The van der Waals surface area contributed by atoms with Crippen molar-refractivity contribution in [2.75, 3.05) is 6.61 Å². The molecule has 0 saturated heterocycles. The molecule has 0 amide bonds. The molecular weight excluding hydrogens is 136 g/mol. The van der Waals surface area contributed by atoms with Crippen LogP contribution < -0.4 is 0 Å². The topological polar surface area (TPSA) is 9.23 Å². The van der Waals surface area contributed by atoms with Gasteiger partial charge in [-0.1, -0.05) is 36.9 Å². The van der Waals surface area contributed by atoms with Gasteiger partial charge in [-0.3, -0.25) is 0 Å². The van der Waals surface area contributed by atoms with Crippen LogP contribution in [0.3, 0.4) is 0 Å². The Bertz CT molecular complexity index is 203. The largest absolute Gasteiger partial charge is 0.501 e. The number of ether oxygens (including phenoxy) is 1. The first kappa shape index (κ1) is 7.86. The third-order valence-electron chi connectivity index (χ3n) is 1.33. The number of hydrogen-bond acceptors (Lipinski definition) is 1. The molecule has 0 unspecified atom stereocenters. The number of benzene rings is 1. The van der Waals surface area contributed by atoms with Crippen LogP contribution in [0.15, 0.2) is 43.2 Å². The summed E-state index contributed by atoms with van der Waals surface area (Å²) in [6, 6.07) is 10.1. The Morgan fingerprint density at radius 3 is 2.64 bits per heavy atom.